The number of hydrogen-bond acceptors (Lipinski definition) is 0. The summed E-state index contributed by atoms with van der Waals surface area (Å²) >= 11 is 0. The lowest BCUT2D eigenvalue weighted by Crippen LogP contribution is -1.97. The second-order valence-electron chi connectivity index (χ2n) is 5.74. The van der Waals surface area contributed by atoms with Gasteiger partial charge in [-0.05, 0) is 37.0 Å². The van der Waals surface area contributed by atoms with Gasteiger partial charge in [-0.15, -0.1) is 6.58 Å². The van der Waals surface area contributed by atoms with Crippen molar-refractivity contribution in [2.45, 2.75) is 26.3 Å². The summed E-state index contributed by atoms with van der Waals surface area (Å²) in [6, 6.07) is 19.3. The summed E-state index contributed by atoms with van der Waals surface area (Å²) in [5.74, 6) is 0. The molecule has 2 aromatic carbocycles. The summed E-state index contributed by atoms with van der Waals surface area (Å²) < 4.78 is 2.36. The molecule has 0 atom stereocenters. The minimum Gasteiger partial charge on any atom is -0.343 e. The van der Waals surface area contributed by atoms with E-state index in [4.69, 9.17) is 0 Å². The Kier molecular flexibility index (Phi) is 3.92. The molecule has 1 heterocycles. The molecule has 0 bridgehead atoms. The maximum absolute atomic E-state index is 4.02. The Labute approximate surface area is 126 Å². The summed E-state index contributed by atoms with van der Waals surface area (Å²) in [6.45, 7) is 7.04. The molecular weight excluding hydrogens is 254 g/mol. The molecule has 1 aromatic heterocycles. The number of aromatic nitrogens is 1. The number of rotatable bonds is 5. The molecule has 0 saturated heterocycles. The molecule has 0 aliphatic heterocycles. The molecule has 1 heteroatoms. The molecular formula is C20H21N. The van der Waals surface area contributed by atoms with Gasteiger partial charge in [0.15, 0.2) is 0 Å². The smallest absolute Gasteiger partial charge is 0.0486 e. The van der Waals surface area contributed by atoms with Crippen molar-refractivity contribution in [2.24, 2.45) is 0 Å². The Morgan fingerprint density at radius 2 is 1.71 bits per heavy atom. The van der Waals surface area contributed by atoms with E-state index < -0.39 is 0 Å². The van der Waals surface area contributed by atoms with Crippen LogP contribution in [0.25, 0.3) is 10.9 Å². The minimum atomic E-state index is 0.925. The SMILES string of the molecule is C=C(C)CCc1cn(Cc2ccccc2)c2ccccc12. The first kappa shape index (κ1) is 13.7. The molecule has 3 aromatic rings. The molecule has 0 aliphatic rings. The average Bonchev–Trinajstić information content (AvgIpc) is 2.85. The van der Waals surface area contributed by atoms with Crippen LogP contribution in [0.1, 0.15) is 24.5 Å². The minimum absolute atomic E-state index is 0.925. The van der Waals surface area contributed by atoms with Gasteiger partial charge in [0.25, 0.3) is 0 Å². The van der Waals surface area contributed by atoms with Crippen molar-refractivity contribution in [3.05, 3.63) is 84.1 Å². The van der Waals surface area contributed by atoms with Gasteiger partial charge in [-0.2, -0.15) is 0 Å². The van der Waals surface area contributed by atoms with Crippen LogP contribution in [0.5, 0.6) is 0 Å². The van der Waals surface area contributed by atoms with Gasteiger partial charge >= 0.3 is 0 Å². The lowest BCUT2D eigenvalue weighted by molar-refractivity contribution is 0.826. The topological polar surface area (TPSA) is 4.93 Å². The fourth-order valence-electron chi connectivity index (χ4n) is 2.78. The van der Waals surface area contributed by atoms with E-state index in [-0.39, 0.29) is 0 Å². The van der Waals surface area contributed by atoms with Crippen LogP contribution >= 0.6 is 0 Å². The summed E-state index contributed by atoms with van der Waals surface area (Å²) in [7, 11) is 0. The van der Waals surface area contributed by atoms with E-state index >= 15 is 0 Å². The summed E-state index contributed by atoms with van der Waals surface area (Å²) in [5.41, 5.74) is 5.32. The first-order chi connectivity index (χ1) is 10.2. The van der Waals surface area contributed by atoms with E-state index in [9.17, 15) is 0 Å². The fraction of sp³-hybridized carbons (Fsp3) is 0.200. The van der Waals surface area contributed by atoms with E-state index in [1.54, 1.807) is 0 Å². The van der Waals surface area contributed by atoms with Crippen molar-refractivity contribution >= 4 is 10.9 Å². The van der Waals surface area contributed by atoms with Gasteiger partial charge in [0, 0.05) is 23.6 Å². The largest absolute Gasteiger partial charge is 0.343 e. The monoisotopic (exact) mass is 275 g/mol. The van der Waals surface area contributed by atoms with E-state index in [2.05, 4.69) is 78.9 Å². The summed E-state index contributed by atoms with van der Waals surface area (Å²) in [4.78, 5) is 0. The molecule has 0 amide bonds. The third-order valence-corrected chi connectivity index (χ3v) is 3.89. The van der Waals surface area contributed by atoms with Crippen LogP contribution < -0.4 is 0 Å². The number of aryl methyl sites for hydroxylation is 1. The van der Waals surface area contributed by atoms with Crippen LogP contribution in [0.3, 0.4) is 0 Å². The van der Waals surface area contributed by atoms with Crippen molar-refractivity contribution in [3.63, 3.8) is 0 Å². The van der Waals surface area contributed by atoms with Crippen molar-refractivity contribution in [1.29, 1.82) is 0 Å². The van der Waals surface area contributed by atoms with Crippen molar-refractivity contribution in [2.75, 3.05) is 0 Å². The average molecular weight is 275 g/mol. The van der Waals surface area contributed by atoms with Crippen LogP contribution in [0.15, 0.2) is 72.9 Å². The van der Waals surface area contributed by atoms with Gasteiger partial charge < -0.3 is 4.57 Å². The zero-order valence-corrected chi connectivity index (χ0v) is 12.5. The summed E-state index contributed by atoms with van der Waals surface area (Å²) in [6.07, 6.45) is 4.43. The van der Waals surface area contributed by atoms with E-state index in [0.29, 0.717) is 0 Å². The molecule has 1 nitrogen and oxygen atoms in total. The van der Waals surface area contributed by atoms with Crippen LogP contribution in [0.4, 0.5) is 0 Å². The molecule has 0 saturated carbocycles. The third-order valence-electron chi connectivity index (χ3n) is 3.89. The first-order valence-electron chi connectivity index (χ1n) is 7.49. The predicted octanol–water partition coefficient (Wildman–Crippen LogP) is 5.20. The Balaban J connectivity index is 1.96. The number of benzene rings is 2. The number of nitrogens with zero attached hydrogens (tertiary/aromatic N) is 1. The van der Waals surface area contributed by atoms with Crippen LogP contribution in [-0.4, -0.2) is 4.57 Å². The molecule has 0 radical (unpaired) electrons. The summed E-state index contributed by atoms with van der Waals surface area (Å²) in [5, 5.41) is 1.37. The Hall–Kier alpha value is -2.28. The zero-order chi connectivity index (χ0) is 14.7. The van der Waals surface area contributed by atoms with Crippen molar-refractivity contribution in [1.82, 2.24) is 4.57 Å². The Bertz CT molecular complexity index is 750. The predicted molar refractivity (Wildman–Crippen MR) is 90.6 cm³/mol. The van der Waals surface area contributed by atoms with Gasteiger partial charge in [-0.1, -0.05) is 54.1 Å². The van der Waals surface area contributed by atoms with E-state index in [1.165, 1.54) is 27.6 Å². The molecule has 0 N–H and O–H groups in total. The number of hydrogen-bond donors (Lipinski definition) is 0. The maximum atomic E-state index is 4.02. The van der Waals surface area contributed by atoms with Crippen molar-refractivity contribution < 1.29 is 0 Å². The Morgan fingerprint density at radius 3 is 2.48 bits per heavy atom. The van der Waals surface area contributed by atoms with Gasteiger partial charge in [0.05, 0.1) is 0 Å². The molecule has 0 spiro atoms. The standard InChI is InChI=1S/C20H21N/c1-16(2)12-13-18-15-21(14-17-8-4-3-5-9-17)20-11-7-6-10-19(18)20/h3-11,15H,1,12-14H2,2H3. The van der Waals surface area contributed by atoms with Gasteiger partial charge in [-0.3, -0.25) is 0 Å². The highest BCUT2D eigenvalue weighted by atomic mass is 15.0. The second kappa shape index (κ2) is 6.01. The first-order valence-corrected chi connectivity index (χ1v) is 7.49. The molecule has 0 aliphatic carbocycles. The Morgan fingerprint density at radius 1 is 1.00 bits per heavy atom. The van der Waals surface area contributed by atoms with Gasteiger partial charge in [0.1, 0.15) is 0 Å². The lowest BCUT2D eigenvalue weighted by Gasteiger charge is -2.05. The highest BCUT2D eigenvalue weighted by Crippen LogP contribution is 2.24. The van der Waals surface area contributed by atoms with Crippen molar-refractivity contribution in [3.8, 4) is 0 Å². The molecule has 21 heavy (non-hydrogen) atoms. The van der Waals surface area contributed by atoms with Crippen LogP contribution in [-0.2, 0) is 13.0 Å². The van der Waals surface area contributed by atoms with Crippen LogP contribution in [0.2, 0.25) is 0 Å². The quantitative estimate of drug-likeness (QED) is 0.564. The van der Waals surface area contributed by atoms with Gasteiger partial charge in [0.2, 0.25) is 0 Å². The molecule has 0 unspecified atom stereocenters. The number of allylic oxidation sites excluding steroid dienone is 1. The molecule has 3 rings (SSSR count). The lowest BCUT2D eigenvalue weighted by atomic mass is 10.1. The fourth-order valence-corrected chi connectivity index (χ4v) is 2.78. The molecule has 0 fully saturated rings. The molecule has 106 valence electrons. The van der Waals surface area contributed by atoms with E-state index in [0.717, 1.165) is 19.4 Å². The van der Waals surface area contributed by atoms with Gasteiger partial charge in [-0.25, -0.2) is 0 Å². The zero-order valence-electron chi connectivity index (χ0n) is 12.5. The van der Waals surface area contributed by atoms with Crippen LogP contribution in [0, 0.1) is 0 Å². The number of para-hydroxylation sites is 1. The maximum Gasteiger partial charge on any atom is 0.0486 e. The highest BCUT2D eigenvalue weighted by Gasteiger charge is 2.08. The third kappa shape index (κ3) is 3.08. The second-order valence-corrected chi connectivity index (χ2v) is 5.74. The van der Waals surface area contributed by atoms with E-state index in [1.807, 2.05) is 0 Å². The highest BCUT2D eigenvalue weighted by molar-refractivity contribution is 5.84. The number of fused-ring (bicyclic) bond motifs is 1. The normalized spacial score (nSPS) is 10.9.